The van der Waals surface area contributed by atoms with Crippen LogP contribution in [-0.4, -0.2) is 25.3 Å². The van der Waals surface area contributed by atoms with Gasteiger partial charge in [-0.25, -0.2) is 4.79 Å². The van der Waals surface area contributed by atoms with Gasteiger partial charge < -0.3 is 15.4 Å². The molecule has 0 saturated heterocycles. The highest BCUT2D eigenvalue weighted by Crippen LogP contribution is 2.25. The highest BCUT2D eigenvalue weighted by Gasteiger charge is 2.21. The minimum absolute atomic E-state index is 0.241. The van der Waals surface area contributed by atoms with Gasteiger partial charge in [0, 0.05) is 17.8 Å². The standard InChI is InChI=1S/C18H24N2O2/c1-3-15-8-6-9-16(13-15)20-18(21)19-11-12-22-17-10-5-4-7-14(17)2/h1,6,8-9,13-14,17H,4-5,7,10-12H2,2H3,(H2,19,20,21)/t14-,17-/m0/s1. The summed E-state index contributed by atoms with van der Waals surface area (Å²) in [5.74, 6) is 3.16. The first-order chi connectivity index (χ1) is 10.7. The summed E-state index contributed by atoms with van der Waals surface area (Å²) >= 11 is 0. The van der Waals surface area contributed by atoms with Crippen molar-refractivity contribution in [2.75, 3.05) is 18.5 Å². The van der Waals surface area contributed by atoms with E-state index in [1.54, 1.807) is 12.1 Å². The number of terminal acetylenes is 1. The number of hydrogen-bond acceptors (Lipinski definition) is 2. The van der Waals surface area contributed by atoms with Crippen molar-refractivity contribution in [3.8, 4) is 12.3 Å². The summed E-state index contributed by atoms with van der Waals surface area (Å²) in [6, 6.07) is 6.97. The molecule has 1 aromatic rings. The largest absolute Gasteiger partial charge is 0.376 e. The van der Waals surface area contributed by atoms with Crippen LogP contribution >= 0.6 is 0 Å². The zero-order valence-electron chi connectivity index (χ0n) is 13.1. The van der Waals surface area contributed by atoms with Crippen molar-refractivity contribution >= 4 is 11.7 Å². The molecule has 0 radical (unpaired) electrons. The van der Waals surface area contributed by atoms with Crippen LogP contribution in [0.25, 0.3) is 0 Å². The van der Waals surface area contributed by atoms with E-state index in [0.29, 0.717) is 30.9 Å². The molecule has 2 N–H and O–H groups in total. The van der Waals surface area contributed by atoms with Crippen LogP contribution in [0.4, 0.5) is 10.5 Å². The topological polar surface area (TPSA) is 50.4 Å². The number of benzene rings is 1. The van der Waals surface area contributed by atoms with Crippen LogP contribution in [0.2, 0.25) is 0 Å². The number of urea groups is 1. The fraction of sp³-hybridized carbons (Fsp3) is 0.500. The van der Waals surface area contributed by atoms with Crippen molar-refractivity contribution in [3.63, 3.8) is 0 Å². The van der Waals surface area contributed by atoms with Gasteiger partial charge in [-0.3, -0.25) is 0 Å². The SMILES string of the molecule is C#Cc1cccc(NC(=O)NCCO[C@H]2CCCC[C@@H]2C)c1. The molecule has 22 heavy (non-hydrogen) atoms. The van der Waals surface area contributed by atoms with Crippen molar-refractivity contribution in [3.05, 3.63) is 29.8 Å². The molecule has 2 rings (SSSR count). The van der Waals surface area contributed by atoms with E-state index >= 15 is 0 Å². The first-order valence-electron chi connectivity index (χ1n) is 7.92. The minimum atomic E-state index is -0.241. The summed E-state index contributed by atoms with van der Waals surface area (Å²) < 4.78 is 5.86. The third kappa shape index (κ3) is 5.09. The number of ether oxygens (including phenoxy) is 1. The summed E-state index contributed by atoms with van der Waals surface area (Å²) in [7, 11) is 0. The summed E-state index contributed by atoms with van der Waals surface area (Å²) in [4.78, 5) is 11.8. The van der Waals surface area contributed by atoms with Crippen molar-refractivity contribution in [1.82, 2.24) is 5.32 Å². The average molecular weight is 300 g/mol. The molecule has 1 fully saturated rings. The molecule has 1 aromatic carbocycles. The molecule has 0 unspecified atom stereocenters. The van der Waals surface area contributed by atoms with Crippen molar-refractivity contribution in [1.29, 1.82) is 0 Å². The predicted molar refractivity (Wildman–Crippen MR) is 88.8 cm³/mol. The summed E-state index contributed by atoms with van der Waals surface area (Å²) in [5.41, 5.74) is 1.43. The number of nitrogens with one attached hydrogen (secondary N) is 2. The average Bonchev–Trinajstić information content (AvgIpc) is 2.53. The summed E-state index contributed by atoms with van der Waals surface area (Å²) in [6.45, 7) is 3.29. The minimum Gasteiger partial charge on any atom is -0.376 e. The zero-order valence-corrected chi connectivity index (χ0v) is 13.1. The Balaban J connectivity index is 1.66. The summed E-state index contributed by atoms with van der Waals surface area (Å²) in [6.07, 6.45) is 10.6. The molecule has 0 heterocycles. The molecule has 1 aliphatic rings. The van der Waals surface area contributed by atoms with E-state index in [1.165, 1.54) is 19.3 Å². The van der Waals surface area contributed by atoms with Crippen molar-refractivity contribution in [2.45, 2.75) is 38.7 Å². The maximum absolute atomic E-state index is 11.8. The lowest BCUT2D eigenvalue weighted by atomic mass is 9.88. The molecule has 1 aliphatic carbocycles. The van der Waals surface area contributed by atoms with Crippen LogP contribution in [0.1, 0.15) is 38.2 Å². The fourth-order valence-electron chi connectivity index (χ4n) is 2.77. The Bertz CT molecular complexity index is 536. The Morgan fingerprint density at radius 1 is 1.41 bits per heavy atom. The van der Waals surface area contributed by atoms with E-state index in [2.05, 4.69) is 23.5 Å². The van der Waals surface area contributed by atoms with Gasteiger partial charge in [0.05, 0.1) is 12.7 Å². The third-order valence-corrected chi connectivity index (χ3v) is 4.04. The lowest BCUT2D eigenvalue weighted by molar-refractivity contribution is -0.00232. The zero-order chi connectivity index (χ0) is 15.8. The molecular weight excluding hydrogens is 276 g/mol. The van der Waals surface area contributed by atoms with E-state index in [1.807, 2.05) is 12.1 Å². The molecule has 0 bridgehead atoms. The molecule has 4 heteroatoms. The van der Waals surface area contributed by atoms with Crippen LogP contribution in [0.15, 0.2) is 24.3 Å². The van der Waals surface area contributed by atoms with Gasteiger partial charge in [-0.2, -0.15) is 0 Å². The van der Waals surface area contributed by atoms with Gasteiger partial charge >= 0.3 is 6.03 Å². The van der Waals surface area contributed by atoms with Crippen LogP contribution in [0.5, 0.6) is 0 Å². The number of carbonyl (C=O) groups excluding carboxylic acids is 1. The monoisotopic (exact) mass is 300 g/mol. The van der Waals surface area contributed by atoms with Gasteiger partial charge in [-0.15, -0.1) is 6.42 Å². The van der Waals surface area contributed by atoms with Gasteiger partial charge in [-0.05, 0) is 37.0 Å². The van der Waals surface area contributed by atoms with Gasteiger partial charge in [0.2, 0.25) is 0 Å². The molecular formula is C18H24N2O2. The Morgan fingerprint density at radius 3 is 3.00 bits per heavy atom. The van der Waals surface area contributed by atoms with Crippen LogP contribution < -0.4 is 10.6 Å². The highest BCUT2D eigenvalue weighted by molar-refractivity contribution is 5.89. The fourth-order valence-corrected chi connectivity index (χ4v) is 2.77. The molecule has 2 amide bonds. The molecule has 0 spiro atoms. The van der Waals surface area contributed by atoms with E-state index in [-0.39, 0.29) is 6.03 Å². The van der Waals surface area contributed by atoms with E-state index in [4.69, 9.17) is 11.2 Å². The first-order valence-corrected chi connectivity index (χ1v) is 7.92. The van der Waals surface area contributed by atoms with Gasteiger partial charge in [0.15, 0.2) is 0 Å². The molecule has 2 atom stereocenters. The number of hydrogen-bond donors (Lipinski definition) is 2. The number of anilines is 1. The van der Waals surface area contributed by atoms with Gasteiger partial charge in [-0.1, -0.05) is 31.8 Å². The van der Waals surface area contributed by atoms with Crippen molar-refractivity contribution < 1.29 is 9.53 Å². The normalized spacial score (nSPS) is 20.9. The maximum atomic E-state index is 11.8. The van der Waals surface area contributed by atoms with Crippen molar-refractivity contribution in [2.24, 2.45) is 5.92 Å². The van der Waals surface area contributed by atoms with E-state index in [9.17, 15) is 4.79 Å². The summed E-state index contributed by atoms with van der Waals surface area (Å²) in [5, 5.41) is 5.56. The lowest BCUT2D eigenvalue weighted by Crippen LogP contribution is -2.34. The Labute approximate surface area is 132 Å². The van der Waals surface area contributed by atoms with Crippen LogP contribution in [-0.2, 0) is 4.74 Å². The first kappa shape index (κ1) is 16.4. The maximum Gasteiger partial charge on any atom is 0.319 e. The van der Waals surface area contributed by atoms with Gasteiger partial charge in [0.25, 0.3) is 0 Å². The number of carbonyl (C=O) groups is 1. The van der Waals surface area contributed by atoms with Crippen LogP contribution in [0.3, 0.4) is 0 Å². The van der Waals surface area contributed by atoms with Gasteiger partial charge in [0.1, 0.15) is 0 Å². The Kier molecular flexibility index (Phi) is 6.29. The van der Waals surface area contributed by atoms with E-state index < -0.39 is 0 Å². The highest BCUT2D eigenvalue weighted by atomic mass is 16.5. The lowest BCUT2D eigenvalue weighted by Gasteiger charge is -2.28. The predicted octanol–water partition coefficient (Wildman–Crippen LogP) is 3.38. The Hall–Kier alpha value is -1.99. The second-order valence-corrected chi connectivity index (χ2v) is 5.78. The Morgan fingerprint density at radius 2 is 2.23 bits per heavy atom. The van der Waals surface area contributed by atoms with E-state index in [0.717, 1.165) is 12.0 Å². The third-order valence-electron chi connectivity index (χ3n) is 4.04. The number of rotatable bonds is 5. The second-order valence-electron chi connectivity index (χ2n) is 5.78. The second kappa shape index (κ2) is 8.45. The molecule has 0 aromatic heterocycles. The van der Waals surface area contributed by atoms with Crippen LogP contribution in [0, 0.1) is 18.3 Å². The molecule has 118 valence electrons. The quantitative estimate of drug-likeness (QED) is 0.647. The molecule has 4 nitrogen and oxygen atoms in total. The molecule has 0 aliphatic heterocycles. The smallest absolute Gasteiger partial charge is 0.319 e. The molecule has 1 saturated carbocycles. The number of amides is 2.